The van der Waals surface area contributed by atoms with Gasteiger partial charge in [0.2, 0.25) is 0 Å². The van der Waals surface area contributed by atoms with E-state index in [1.165, 1.54) is 22.6 Å². The molecule has 92 valence electrons. The van der Waals surface area contributed by atoms with Gasteiger partial charge < -0.3 is 0 Å². The molecule has 1 aromatic rings. The van der Waals surface area contributed by atoms with E-state index in [9.17, 15) is 8.42 Å². The molecule has 1 atom stereocenters. The van der Waals surface area contributed by atoms with Gasteiger partial charge >= 0.3 is 0 Å². The Morgan fingerprint density at radius 1 is 1.53 bits per heavy atom. The van der Waals surface area contributed by atoms with E-state index < -0.39 is 10.0 Å². The van der Waals surface area contributed by atoms with Gasteiger partial charge in [-0.25, -0.2) is 13.4 Å². The molecule has 4 nitrogen and oxygen atoms in total. The van der Waals surface area contributed by atoms with Gasteiger partial charge in [0.15, 0.2) is 5.03 Å². The summed E-state index contributed by atoms with van der Waals surface area (Å²) in [5.74, 6) is 0.192. The van der Waals surface area contributed by atoms with Crippen molar-refractivity contribution in [1.29, 1.82) is 0 Å². The Balaban J connectivity index is 2.31. The van der Waals surface area contributed by atoms with Crippen LogP contribution in [-0.2, 0) is 10.0 Å². The third kappa shape index (κ3) is 2.36. The van der Waals surface area contributed by atoms with Gasteiger partial charge in [-0.3, -0.25) is 0 Å². The lowest BCUT2D eigenvalue weighted by atomic mass is 10.1. The van der Waals surface area contributed by atoms with Gasteiger partial charge in [-0.05, 0) is 18.1 Å². The molecule has 0 saturated carbocycles. The number of pyridine rings is 1. The first kappa shape index (κ1) is 12.5. The highest BCUT2D eigenvalue weighted by molar-refractivity contribution is 7.89. The molecule has 0 amide bonds. The first-order chi connectivity index (χ1) is 7.91. The quantitative estimate of drug-likeness (QED) is 0.773. The molecule has 6 heteroatoms. The van der Waals surface area contributed by atoms with Crippen LogP contribution in [0.5, 0.6) is 0 Å². The van der Waals surface area contributed by atoms with Crippen LogP contribution in [0.4, 0.5) is 0 Å². The van der Waals surface area contributed by atoms with E-state index in [1.54, 1.807) is 0 Å². The Morgan fingerprint density at radius 2 is 2.24 bits per heavy atom. The zero-order chi connectivity index (χ0) is 12.6. The van der Waals surface area contributed by atoms with Crippen molar-refractivity contribution in [2.75, 3.05) is 13.1 Å². The molecule has 0 aliphatic carbocycles. The van der Waals surface area contributed by atoms with Crippen molar-refractivity contribution >= 4 is 21.6 Å². The van der Waals surface area contributed by atoms with Crippen molar-refractivity contribution < 1.29 is 8.42 Å². The van der Waals surface area contributed by atoms with Crippen molar-refractivity contribution in [3.63, 3.8) is 0 Å². The Labute approximate surface area is 106 Å². The average Bonchev–Trinajstić information content (AvgIpc) is 2.60. The smallest absolute Gasteiger partial charge is 0.242 e. The number of hydrogen-bond donors (Lipinski definition) is 0. The van der Waals surface area contributed by atoms with E-state index in [4.69, 9.17) is 11.6 Å². The van der Waals surface area contributed by atoms with Crippen LogP contribution < -0.4 is 0 Å². The number of hydrogen-bond acceptors (Lipinski definition) is 3. The van der Waals surface area contributed by atoms with Crippen molar-refractivity contribution in [3.8, 4) is 0 Å². The van der Waals surface area contributed by atoms with Crippen molar-refractivity contribution in [1.82, 2.24) is 9.29 Å². The van der Waals surface area contributed by atoms with Crippen molar-refractivity contribution in [2.45, 2.75) is 11.9 Å². The van der Waals surface area contributed by atoms with E-state index in [0.717, 1.165) is 5.57 Å². The van der Waals surface area contributed by atoms with Crippen LogP contribution in [0, 0.1) is 5.92 Å². The lowest BCUT2D eigenvalue weighted by molar-refractivity contribution is 0.462. The van der Waals surface area contributed by atoms with Gasteiger partial charge in [-0.15, -0.1) is 0 Å². The highest BCUT2D eigenvalue weighted by Gasteiger charge is 2.33. The fourth-order valence-corrected chi connectivity index (χ4v) is 3.27. The van der Waals surface area contributed by atoms with Crippen LogP contribution in [0.1, 0.15) is 6.92 Å². The molecule has 0 aromatic carbocycles. The van der Waals surface area contributed by atoms with E-state index in [1.807, 2.05) is 6.92 Å². The van der Waals surface area contributed by atoms with E-state index in [2.05, 4.69) is 11.6 Å². The molecular formula is C11H13ClN2O2S. The van der Waals surface area contributed by atoms with Crippen LogP contribution in [-0.4, -0.2) is 30.8 Å². The van der Waals surface area contributed by atoms with E-state index in [-0.39, 0.29) is 10.9 Å². The molecule has 17 heavy (non-hydrogen) atoms. The average molecular weight is 273 g/mol. The summed E-state index contributed by atoms with van der Waals surface area (Å²) in [6.45, 7) is 6.66. The number of nitrogens with zero attached hydrogens (tertiary/aromatic N) is 2. The summed E-state index contributed by atoms with van der Waals surface area (Å²) in [5.41, 5.74) is 0.933. The fraction of sp³-hybridized carbons (Fsp3) is 0.364. The highest BCUT2D eigenvalue weighted by Crippen LogP contribution is 2.26. The maximum absolute atomic E-state index is 12.2. The Bertz CT molecular complexity index is 539. The molecule has 1 fully saturated rings. The topological polar surface area (TPSA) is 50.3 Å². The maximum atomic E-state index is 12.2. The summed E-state index contributed by atoms with van der Waals surface area (Å²) in [4.78, 5) is 3.85. The minimum absolute atomic E-state index is 0.0313. The normalized spacial score (nSPS) is 22.0. The zero-order valence-electron chi connectivity index (χ0n) is 9.43. The first-order valence-corrected chi connectivity index (χ1v) is 7.02. The maximum Gasteiger partial charge on any atom is 0.260 e. The monoisotopic (exact) mass is 272 g/mol. The molecule has 0 unspecified atom stereocenters. The molecule has 1 aliphatic rings. The molecule has 1 aromatic heterocycles. The standard InChI is InChI=1S/C11H13ClN2O2S/c1-8-6-14(7-9(8)2)17(15,16)11-4-3-10(12)5-13-11/h3-5,9H,1,6-7H2,2H3/t9-/m1/s1. The van der Waals surface area contributed by atoms with Gasteiger partial charge in [-0.2, -0.15) is 4.31 Å². The third-order valence-electron chi connectivity index (χ3n) is 2.86. The van der Waals surface area contributed by atoms with Gasteiger partial charge in [-0.1, -0.05) is 30.7 Å². The largest absolute Gasteiger partial charge is 0.260 e. The van der Waals surface area contributed by atoms with Crippen molar-refractivity contribution in [3.05, 3.63) is 35.5 Å². The van der Waals surface area contributed by atoms with Gasteiger partial charge in [0.05, 0.1) is 5.02 Å². The molecule has 2 rings (SSSR count). The van der Waals surface area contributed by atoms with Crippen LogP contribution in [0.2, 0.25) is 5.02 Å². The van der Waals surface area contributed by atoms with Gasteiger partial charge in [0.25, 0.3) is 10.0 Å². The highest BCUT2D eigenvalue weighted by atomic mass is 35.5. The molecule has 0 N–H and O–H groups in total. The van der Waals surface area contributed by atoms with Gasteiger partial charge in [0, 0.05) is 19.3 Å². The molecule has 0 radical (unpaired) electrons. The number of rotatable bonds is 2. The summed E-state index contributed by atoms with van der Waals surface area (Å²) >= 11 is 5.68. The first-order valence-electron chi connectivity index (χ1n) is 5.20. The Morgan fingerprint density at radius 3 is 2.71 bits per heavy atom. The number of halogens is 1. The lowest BCUT2D eigenvalue weighted by Gasteiger charge is -2.14. The van der Waals surface area contributed by atoms with Crippen LogP contribution >= 0.6 is 11.6 Å². The molecule has 0 spiro atoms. The summed E-state index contributed by atoms with van der Waals surface area (Å²) in [6.07, 6.45) is 1.34. The predicted octanol–water partition coefficient (Wildman–Crippen LogP) is 1.93. The second kappa shape index (κ2) is 4.40. The molecule has 0 bridgehead atoms. The van der Waals surface area contributed by atoms with Gasteiger partial charge in [0.1, 0.15) is 0 Å². The van der Waals surface area contributed by atoms with E-state index >= 15 is 0 Å². The minimum Gasteiger partial charge on any atom is -0.242 e. The SMILES string of the molecule is C=C1CN(S(=O)(=O)c2ccc(Cl)cn2)C[C@H]1C. The second-order valence-electron chi connectivity index (χ2n) is 4.17. The molecular weight excluding hydrogens is 260 g/mol. The molecule has 1 saturated heterocycles. The van der Waals surface area contributed by atoms with Crippen molar-refractivity contribution in [2.24, 2.45) is 5.92 Å². The number of sulfonamides is 1. The van der Waals surface area contributed by atoms with Crippen LogP contribution in [0.25, 0.3) is 0 Å². The summed E-state index contributed by atoms with van der Waals surface area (Å²) in [6, 6.07) is 2.94. The van der Waals surface area contributed by atoms with E-state index in [0.29, 0.717) is 18.1 Å². The number of aromatic nitrogens is 1. The second-order valence-corrected chi connectivity index (χ2v) is 6.49. The summed E-state index contributed by atoms with van der Waals surface area (Å²) in [5, 5.41) is 0.451. The third-order valence-corrected chi connectivity index (χ3v) is 4.81. The molecule has 2 heterocycles. The Hall–Kier alpha value is -0.910. The summed E-state index contributed by atoms with van der Waals surface area (Å²) < 4.78 is 25.8. The Kier molecular flexibility index (Phi) is 3.25. The van der Waals surface area contributed by atoms with Crippen LogP contribution in [0.3, 0.4) is 0 Å². The lowest BCUT2D eigenvalue weighted by Crippen LogP contribution is -2.29. The predicted molar refractivity (Wildman–Crippen MR) is 66.3 cm³/mol. The fourth-order valence-electron chi connectivity index (χ4n) is 1.71. The molecule has 1 aliphatic heterocycles. The van der Waals surface area contributed by atoms with Crippen LogP contribution in [0.15, 0.2) is 35.5 Å². The zero-order valence-corrected chi connectivity index (χ0v) is 11.0. The minimum atomic E-state index is -3.52. The summed E-state index contributed by atoms with van der Waals surface area (Å²) in [7, 11) is -3.52.